The highest BCUT2D eigenvalue weighted by Crippen LogP contribution is 2.32. The molecule has 0 N–H and O–H groups in total. The number of rotatable bonds is 5. The number of aromatic nitrogens is 1. The minimum Gasteiger partial charge on any atom is -0.337 e. The Kier molecular flexibility index (Phi) is 4.95. The number of anilines is 1. The van der Waals surface area contributed by atoms with Gasteiger partial charge in [0.25, 0.3) is 0 Å². The van der Waals surface area contributed by atoms with Crippen LogP contribution in [0.3, 0.4) is 0 Å². The van der Waals surface area contributed by atoms with Crippen LogP contribution in [0.2, 0.25) is 0 Å². The van der Waals surface area contributed by atoms with Gasteiger partial charge in [0.15, 0.2) is 11.4 Å². The van der Waals surface area contributed by atoms with Crippen molar-refractivity contribution in [2.24, 2.45) is 0 Å². The van der Waals surface area contributed by atoms with Crippen LogP contribution in [-0.2, 0) is 0 Å². The third kappa shape index (κ3) is 4.19. The average molecular weight is 294 g/mol. The maximum atomic E-state index is 12.6. The second-order valence-electron chi connectivity index (χ2n) is 4.86. The third-order valence-electron chi connectivity index (χ3n) is 2.54. The summed E-state index contributed by atoms with van der Waals surface area (Å²) < 4.78 is 37.7. The SMILES string of the molecule is CC(C)c1nc(N(CC(F)(F)F)C(C)C)sc1C=O. The van der Waals surface area contributed by atoms with E-state index in [1.807, 2.05) is 13.8 Å². The molecule has 0 saturated carbocycles. The van der Waals surface area contributed by atoms with E-state index in [1.165, 1.54) is 4.90 Å². The molecule has 0 fully saturated rings. The Labute approximate surface area is 114 Å². The molecule has 0 amide bonds. The van der Waals surface area contributed by atoms with Crippen LogP contribution in [0.1, 0.15) is 49.0 Å². The van der Waals surface area contributed by atoms with Gasteiger partial charge >= 0.3 is 6.18 Å². The minimum absolute atomic E-state index is 0.00472. The van der Waals surface area contributed by atoms with Gasteiger partial charge in [-0.15, -0.1) is 0 Å². The number of hydrogen-bond acceptors (Lipinski definition) is 4. The average Bonchev–Trinajstić information content (AvgIpc) is 2.68. The molecule has 1 aromatic rings. The van der Waals surface area contributed by atoms with Gasteiger partial charge in [-0.25, -0.2) is 4.98 Å². The zero-order valence-corrected chi connectivity index (χ0v) is 12.1. The van der Waals surface area contributed by atoms with Crippen LogP contribution < -0.4 is 4.90 Å². The van der Waals surface area contributed by atoms with Gasteiger partial charge in [0.1, 0.15) is 6.54 Å². The van der Waals surface area contributed by atoms with Crippen LogP contribution in [0.5, 0.6) is 0 Å². The largest absolute Gasteiger partial charge is 0.406 e. The molecule has 1 aromatic heterocycles. The number of carbonyl (C=O) groups excluding carboxylic acids is 1. The molecule has 0 atom stereocenters. The molecule has 0 unspecified atom stereocenters. The lowest BCUT2D eigenvalue weighted by atomic mass is 10.1. The van der Waals surface area contributed by atoms with Crippen molar-refractivity contribution >= 4 is 22.8 Å². The fraction of sp³-hybridized carbons (Fsp3) is 0.667. The molecular formula is C12H17F3N2OS. The zero-order chi connectivity index (χ0) is 14.8. The van der Waals surface area contributed by atoms with Crippen LogP contribution in [0.25, 0.3) is 0 Å². The van der Waals surface area contributed by atoms with E-state index in [4.69, 9.17) is 0 Å². The molecule has 0 aliphatic carbocycles. The zero-order valence-electron chi connectivity index (χ0n) is 11.3. The summed E-state index contributed by atoms with van der Waals surface area (Å²) in [5, 5.41) is 0.248. The molecule has 1 heterocycles. The number of halogens is 3. The van der Waals surface area contributed by atoms with Gasteiger partial charge in [-0.05, 0) is 19.8 Å². The van der Waals surface area contributed by atoms with Crippen molar-refractivity contribution in [2.45, 2.75) is 45.8 Å². The van der Waals surface area contributed by atoms with E-state index in [0.29, 0.717) is 16.9 Å². The van der Waals surface area contributed by atoms with Crippen LogP contribution in [0, 0.1) is 0 Å². The van der Waals surface area contributed by atoms with Crippen molar-refractivity contribution < 1.29 is 18.0 Å². The number of aldehydes is 1. The summed E-state index contributed by atoms with van der Waals surface area (Å²) in [4.78, 5) is 16.7. The van der Waals surface area contributed by atoms with E-state index in [0.717, 1.165) is 11.3 Å². The van der Waals surface area contributed by atoms with Crippen LogP contribution in [-0.4, -0.2) is 30.0 Å². The molecule has 0 aromatic carbocycles. The van der Waals surface area contributed by atoms with Crippen molar-refractivity contribution in [3.8, 4) is 0 Å². The fourth-order valence-electron chi connectivity index (χ4n) is 1.62. The van der Waals surface area contributed by atoms with Gasteiger partial charge in [-0.1, -0.05) is 25.2 Å². The van der Waals surface area contributed by atoms with E-state index in [2.05, 4.69) is 4.98 Å². The Morgan fingerprint density at radius 1 is 1.32 bits per heavy atom. The maximum absolute atomic E-state index is 12.6. The quantitative estimate of drug-likeness (QED) is 0.773. The lowest BCUT2D eigenvalue weighted by Crippen LogP contribution is -2.39. The standard InChI is InChI=1S/C12H17F3N2OS/c1-7(2)10-9(5-18)19-11(16-10)17(8(3)4)6-12(13,14)15/h5,7-8H,6H2,1-4H3. The van der Waals surface area contributed by atoms with Crippen molar-refractivity contribution in [1.29, 1.82) is 0 Å². The van der Waals surface area contributed by atoms with Gasteiger partial charge in [0.2, 0.25) is 0 Å². The molecule has 0 aliphatic rings. The number of carbonyl (C=O) groups is 1. The maximum Gasteiger partial charge on any atom is 0.406 e. The van der Waals surface area contributed by atoms with Gasteiger partial charge in [0, 0.05) is 6.04 Å². The van der Waals surface area contributed by atoms with E-state index in [9.17, 15) is 18.0 Å². The van der Waals surface area contributed by atoms with Crippen molar-refractivity contribution in [1.82, 2.24) is 4.98 Å². The molecule has 0 spiro atoms. The summed E-state index contributed by atoms with van der Waals surface area (Å²) in [5.74, 6) is 0.00472. The molecule has 0 radical (unpaired) electrons. The van der Waals surface area contributed by atoms with Gasteiger partial charge < -0.3 is 4.90 Å². The van der Waals surface area contributed by atoms with Crippen LogP contribution in [0.15, 0.2) is 0 Å². The van der Waals surface area contributed by atoms with E-state index in [1.54, 1.807) is 13.8 Å². The number of hydrogen-bond donors (Lipinski definition) is 0. The van der Waals surface area contributed by atoms with Gasteiger partial charge in [-0.2, -0.15) is 13.2 Å². The molecule has 19 heavy (non-hydrogen) atoms. The Morgan fingerprint density at radius 2 is 1.89 bits per heavy atom. The first-order chi connectivity index (χ1) is 8.65. The molecule has 0 saturated heterocycles. The highest BCUT2D eigenvalue weighted by molar-refractivity contribution is 7.17. The summed E-state index contributed by atoms with van der Waals surface area (Å²) in [6.45, 7) is 5.99. The van der Waals surface area contributed by atoms with Crippen molar-refractivity contribution in [3.63, 3.8) is 0 Å². The fourth-order valence-corrected chi connectivity index (χ4v) is 2.78. The van der Waals surface area contributed by atoms with E-state index in [-0.39, 0.29) is 17.1 Å². The first-order valence-electron chi connectivity index (χ1n) is 5.95. The Bertz CT molecular complexity index is 441. The van der Waals surface area contributed by atoms with E-state index >= 15 is 0 Å². The highest BCUT2D eigenvalue weighted by Gasteiger charge is 2.33. The summed E-state index contributed by atoms with van der Waals surface area (Å²) in [6, 6.07) is -0.340. The predicted molar refractivity (Wildman–Crippen MR) is 70.1 cm³/mol. The first-order valence-corrected chi connectivity index (χ1v) is 6.76. The topological polar surface area (TPSA) is 33.2 Å². The number of alkyl halides is 3. The summed E-state index contributed by atoms with van der Waals surface area (Å²) in [6.07, 6.45) is -3.64. The second kappa shape index (κ2) is 5.90. The lowest BCUT2D eigenvalue weighted by Gasteiger charge is -2.27. The second-order valence-corrected chi connectivity index (χ2v) is 5.86. The first kappa shape index (κ1) is 15.9. The van der Waals surface area contributed by atoms with Crippen molar-refractivity contribution in [3.05, 3.63) is 10.6 Å². The smallest absolute Gasteiger partial charge is 0.337 e. The molecular weight excluding hydrogens is 277 g/mol. The highest BCUT2D eigenvalue weighted by atomic mass is 32.1. The van der Waals surface area contributed by atoms with Crippen LogP contribution >= 0.6 is 11.3 Å². The monoisotopic (exact) mass is 294 g/mol. The van der Waals surface area contributed by atoms with Crippen molar-refractivity contribution in [2.75, 3.05) is 11.4 Å². The normalized spacial score (nSPS) is 12.3. The van der Waals surface area contributed by atoms with Gasteiger partial charge in [0.05, 0.1) is 10.6 Å². The molecule has 0 bridgehead atoms. The Hall–Kier alpha value is -1.11. The Balaban J connectivity index is 3.13. The number of thiazole rings is 1. The number of nitrogens with zero attached hydrogens (tertiary/aromatic N) is 2. The Morgan fingerprint density at radius 3 is 2.21 bits per heavy atom. The molecule has 7 heteroatoms. The summed E-state index contributed by atoms with van der Waals surface area (Å²) >= 11 is 1.01. The summed E-state index contributed by atoms with van der Waals surface area (Å²) in [7, 11) is 0. The van der Waals surface area contributed by atoms with Gasteiger partial charge in [-0.3, -0.25) is 4.79 Å². The predicted octanol–water partition coefficient (Wildman–Crippen LogP) is 3.86. The molecule has 0 aliphatic heterocycles. The van der Waals surface area contributed by atoms with Crippen LogP contribution in [0.4, 0.5) is 18.3 Å². The summed E-state index contributed by atoms with van der Waals surface area (Å²) in [5.41, 5.74) is 0.558. The molecule has 108 valence electrons. The third-order valence-corrected chi connectivity index (χ3v) is 3.58. The minimum atomic E-state index is -4.30. The molecule has 1 rings (SSSR count). The molecule has 3 nitrogen and oxygen atoms in total. The lowest BCUT2D eigenvalue weighted by molar-refractivity contribution is -0.120. The van der Waals surface area contributed by atoms with E-state index < -0.39 is 12.7 Å².